The molecule has 5 heteroatoms. The molecule has 0 spiro atoms. The van der Waals surface area contributed by atoms with Gasteiger partial charge in [-0.25, -0.2) is 0 Å². The van der Waals surface area contributed by atoms with Crippen LogP contribution < -0.4 is 11.1 Å². The van der Waals surface area contributed by atoms with Crippen molar-refractivity contribution in [3.05, 3.63) is 0 Å². The van der Waals surface area contributed by atoms with E-state index in [2.05, 4.69) is 12.2 Å². The summed E-state index contributed by atoms with van der Waals surface area (Å²) in [4.78, 5) is 23.0. The molecular formula is C14H28N2O3. The lowest BCUT2D eigenvalue weighted by atomic mass is 10.0. The van der Waals surface area contributed by atoms with E-state index in [1.54, 1.807) is 0 Å². The van der Waals surface area contributed by atoms with Gasteiger partial charge in [0, 0.05) is 0 Å². The van der Waals surface area contributed by atoms with Crippen LogP contribution in [-0.4, -0.2) is 29.1 Å². The summed E-state index contributed by atoms with van der Waals surface area (Å²) in [7, 11) is 0. The Morgan fingerprint density at radius 1 is 1.21 bits per heavy atom. The summed E-state index contributed by atoms with van der Waals surface area (Å²) < 4.78 is 0. The monoisotopic (exact) mass is 272 g/mol. The molecule has 4 N–H and O–H groups in total. The Morgan fingerprint density at radius 2 is 1.84 bits per heavy atom. The van der Waals surface area contributed by atoms with Gasteiger partial charge in [0.1, 0.15) is 12.1 Å². The zero-order valence-corrected chi connectivity index (χ0v) is 12.3. The van der Waals surface area contributed by atoms with Gasteiger partial charge in [0.05, 0.1) is 0 Å². The van der Waals surface area contributed by atoms with Crippen LogP contribution in [0.5, 0.6) is 0 Å². The van der Waals surface area contributed by atoms with E-state index in [9.17, 15) is 14.7 Å². The summed E-state index contributed by atoms with van der Waals surface area (Å²) in [5.41, 5.74) is 5.27. The highest BCUT2D eigenvalue weighted by Crippen LogP contribution is 2.08. The first-order valence-electron chi connectivity index (χ1n) is 7.16. The zero-order chi connectivity index (χ0) is 14.8. The number of nitrogens with one attached hydrogen (secondary N) is 1. The fraction of sp³-hybridized carbons (Fsp3) is 0.857. The number of unbranched alkanes of at least 4 members (excludes halogenated alkanes) is 3. The Kier molecular flexibility index (Phi) is 9.21. The molecule has 0 saturated heterocycles. The van der Waals surface area contributed by atoms with Crippen molar-refractivity contribution in [2.75, 3.05) is 0 Å². The molecule has 0 bridgehead atoms. The van der Waals surface area contributed by atoms with E-state index in [4.69, 9.17) is 5.73 Å². The van der Waals surface area contributed by atoms with Gasteiger partial charge in [0.2, 0.25) is 11.8 Å². The van der Waals surface area contributed by atoms with Crippen LogP contribution in [0.4, 0.5) is 0 Å². The second-order valence-electron chi connectivity index (χ2n) is 5.46. The lowest BCUT2D eigenvalue weighted by Gasteiger charge is -2.18. The minimum absolute atomic E-state index is 0.220. The predicted molar refractivity (Wildman–Crippen MR) is 75.3 cm³/mol. The van der Waals surface area contributed by atoms with Crippen LogP contribution in [0.2, 0.25) is 0 Å². The molecule has 112 valence electrons. The third-order valence-electron chi connectivity index (χ3n) is 3.00. The molecule has 19 heavy (non-hydrogen) atoms. The highest BCUT2D eigenvalue weighted by Gasteiger charge is 2.22. The summed E-state index contributed by atoms with van der Waals surface area (Å²) in [6, 6.07) is -0.675. The second kappa shape index (κ2) is 9.78. The highest BCUT2D eigenvalue weighted by molar-refractivity contribution is 5.88. The molecule has 0 radical (unpaired) electrons. The standard InChI is InChI=1S/C14H28N2O3/c1-4-5-6-7-8-11(13(15)18)16-14(19)12(17)9-10(2)3/h10-12,17H,4-9H2,1-3H3,(H2,15,18)(H,16,19)/t11-,12-/m1/s1. The van der Waals surface area contributed by atoms with Crippen LogP contribution in [0.3, 0.4) is 0 Å². The van der Waals surface area contributed by atoms with E-state index < -0.39 is 24.0 Å². The molecule has 5 nitrogen and oxygen atoms in total. The van der Waals surface area contributed by atoms with Gasteiger partial charge in [0.15, 0.2) is 0 Å². The molecule has 0 unspecified atom stereocenters. The normalized spacial score (nSPS) is 14.2. The molecule has 0 fully saturated rings. The van der Waals surface area contributed by atoms with Crippen molar-refractivity contribution >= 4 is 11.8 Å². The van der Waals surface area contributed by atoms with Gasteiger partial charge in [-0.15, -0.1) is 0 Å². The molecule has 0 aromatic rings. The van der Waals surface area contributed by atoms with Gasteiger partial charge in [0.25, 0.3) is 0 Å². The summed E-state index contributed by atoms with van der Waals surface area (Å²) in [5.74, 6) is -0.827. The highest BCUT2D eigenvalue weighted by atomic mass is 16.3. The maximum absolute atomic E-state index is 11.7. The van der Waals surface area contributed by atoms with Crippen molar-refractivity contribution in [3.63, 3.8) is 0 Å². The van der Waals surface area contributed by atoms with Gasteiger partial charge in [-0.1, -0.05) is 46.5 Å². The molecule has 0 heterocycles. The SMILES string of the molecule is CCCCCC[C@@H](NC(=O)[C@H](O)CC(C)C)C(N)=O. The molecule has 0 aliphatic carbocycles. The lowest BCUT2D eigenvalue weighted by Crippen LogP contribution is -2.48. The summed E-state index contributed by atoms with van der Waals surface area (Å²) in [6.45, 7) is 5.95. The first-order chi connectivity index (χ1) is 8.88. The minimum Gasteiger partial charge on any atom is -0.383 e. The largest absolute Gasteiger partial charge is 0.383 e. The van der Waals surface area contributed by atoms with Crippen molar-refractivity contribution in [1.82, 2.24) is 5.32 Å². The fourth-order valence-electron chi connectivity index (χ4n) is 1.88. The zero-order valence-electron chi connectivity index (χ0n) is 12.3. The molecule has 0 saturated carbocycles. The van der Waals surface area contributed by atoms with Crippen LogP contribution in [0.25, 0.3) is 0 Å². The van der Waals surface area contributed by atoms with E-state index in [1.807, 2.05) is 13.8 Å². The first kappa shape index (κ1) is 17.9. The summed E-state index contributed by atoms with van der Waals surface area (Å²) in [6.07, 6.45) is 3.93. The van der Waals surface area contributed by atoms with E-state index in [1.165, 1.54) is 0 Å². The molecule has 0 aromatic heterocycles. The molecule has 0 rings (SSSR count). The quantitative estimate of drug-likeness (QED) is 0.524. The van der Waals surface area contributed by atoms with Crippen LogP contribution in [-0.2, 0) is 9.59 Å². The number of amides is 2. The van der Waals surface area contributed by atoms with Crippen molar-refractivity contribution in [1.29, 1.82) is 0 Å². The Hall–Kier alpha value is -1.10. The molecular weight excluding hydrogens is 244 g/mol. The number of aliphatic hydroxyl groups excluding tert-OH is 1. The third kappa shape index (κ3) is 8.59. The first-order valence-corrected chi connectivity index (χ1v) is 7.16. The smallest absolute Gasteiger partial charge is 0.249 e. The maximum atomic E-state index is 11.7. The molecule has 0 aliphatic heterocycles. The Balaban J connectivity index is 4.18. The number of primary amides is 1. The maximum Gasteiger partial charge on any atom is 0.249 e. The number of hydrogen-bond donors (Lipinski definition) is 3. The van der Waals surface area contributed by atoms with Crippen molar-refractivity contribution < 1.29 is 14.7 Å². The van der Waals surface area contributed by atoms with Crippen LogP contribution in [0.15, 0.2) is 0 Å². The van der Waals surface area contributed by atoms with Gasteiger partial charge < -0.3 is 16.2 Å². The van der Waals surface area contributed by atoms with Crippen LogP contribution in [0.1, 0.15) is 59.3 Å². The molecule has 2 atom stereocenters. The van der Waals surface area contributed by atoms with Gasteiger partial charge in [-0.05, 0) is 18.8 Å². The topological polar surface area (TPSA) is 92.4 Å². The van der Waals surface area contributed by atoms with E-state index in [0.29, 0.717) is 12.8 Å². The number of rotatable bonds is 10. The molecule has 2 amide bonds. The third-order valence-corrected chi connectivity index (χ3v) is 3.00. The summed E-state index contributed by atoms with van der Waals surface area (Å²) >= 11 is 0. The fourth-order valence-corrected chi connectivity index (χ4v) is 1.88. The van der Waals surface area contributed by atoms with E-state index >= 15 is 0 Å². The average Bonchev–Trinajstić information content (AvgIpc) is 2.31. The Bertz CT molecular complexity index is 280. The molecule has 0 aromatic carbocycles. The lowest BCUT2D eigenvalue weighted by molar-refractivity contribution is -0.133. The van der Waals surface area contributed by atoms with Crippen LogP contribution in [0, 0.1) is 5.92 Å². The number of hydrogen-bond acceptors (Lipinski definition) is 3. The minimum atomic E-state index is -1.07. The van der Waals surface area contributed by atoms with Crippen LogP contribution >= 0.6 is 0 Å². The Labute approximate surface area is 115 Å². The van der Waals surface area contributed by atoms with Gasteiger partial charge in [-0.3, -0.25) is 9.59 Å². The summed E-state index contributed by atoms with van der Waals surface area (Å²) in [5, 5.41) is 12.2. The number of carbonyl (C=O) groups is 2. The van der Waals surface area contributed by atoms with Crippen molar-refractivity contribution in [2.24, 2.45) is 11.7 Å². The van der Waals surface area contributed by atoms with E-state index in [-0.39, 0.29) is 5.92 Å². The average molecular weight is 272 g/mol. The number of nitrogens with two attached hydrogens (primary N) is 1. The molecule has 0 aliphatic rings. The second-order valence-corrected chi connectivity index (χ2v) is 5.46. The number of aliphatic hydroxyl groups is 1. The van der Waals surface area contributed by atoms with Gasteiger partial charge >= 0.3 is 0 Å². The van der Waals surface area contributed by atoms with Gasteiger partial charge in [-0.2, -0.15) is 0 Å². The van der Waals surface area contributed by atoms with E-state index in [0.717, 1.165) is 25.7 Å². The van der Waals surface area contributed by atoms with Crippen molar-refractivity contribution in [2.45, 2.75) is 71.4 Å². The van der Waals surface area contributed by atoms with Crippen molar-refractivity contribution in [3.8, 4) is 0 Å². The number of carbonyl (C=O) groups excluding carboxylic acids is 2. The Morgan fingerprint density at radius 3 is 2.32 bits per heavy atom. The predicted octanol–water partition coefficient (Wildman–Crippen LogP) is 1.33.